The van der Waals surface area contributed by atoms with Gasteiger partial charge in [-0.1, -0.05) is 26.8 Å². The first-order valence-electron chi connectivity index (χ1n) is 6.00. The maximum atomic E-state index is 12.2. The van der Waals surface area contributed by atoms with E-state index in [0.29, 0.717) is 12.6 Å². The second-order valence-electron chi connectivity index (χ2n) is 5.91. The van der Waals surface area contributed by atoms with E-state index in [1.54, 1.807) is 0 Å². The van der Waals surface area contributed by atoms with E-state index in [2.05, 4.69) is 27.4 Å². The van der Waals surface area contributed by atoms with E-state index < -0.39 is 0 Å². The smallest absolute Gasteiger partial charge is 0.228 e. The third kappa shape index (κ3) is 1.77. The van der Waals surface area contributed by atoms with Crippen LogP contribution in [0.15, 0.2) is 12.7 Å². The summed E-state index contributed by atoms with van der Waals surface area (Å²) in [6, 6.07) is 0.293. The van der Waals surface area contributed by atoms with Crippen LogP contribution in [0.5, 0.6) is 0 Å². The largest absolute Gasteiger partial charge is 0.356 e. The van der Waals surface area contributed by atoms with Crippen LogP contribution in [-0.4, -0.2) is 29.7 Å². The molecule has 0 aromatic rings. The quantitative estimate of drug-likeness (QED) is 0.672. The van der Waals surface area contributed by atoms with Crippen molar-refractivity contribution in [2.75, 3.05) is 6.61 Å². The summed E-state index contributed by atoms with van der Waals surface area (Å²) in [5.74, 6) is 0.388. The minimum atomic E-state index is -0.0557. The second-order valence-corrected chi connectivity index (χ2v) is 5.91. The Labute approximate surface area is 97.5 Å². The van der Waals surface area contributed by atoms with Gasteiger partial charge in [-0.05, 0) is 12.8 Å². The number of hydrogen-bond donors (Lipinski definition) is 0. The van der Waals surface area contributed by atoms with E-state index in [0.717, 1.165) is 12.8 Å². The molecule has 2 aliphatic rings. The molecule has 3 atom stereocenters. The molecule has 0 aromatic carbocycles. The fourth-order valence-corrected chi connectivity index (χ4v) is 2.74. The van der Waals surface area contributed by atoms with Gasteiger partial charge in [0.2, 0.25) is 5.91 Å². The van der Waals surface area contributed by atoms with Gasteiger partial charge in [0.15, 0.2) is 0 Å². The zero-order chi connectivity index (χ0) is 11.9. The molecule has 2 rings (SSSR count). The van der Waals surface area contributed by atoms with Crippen molar-refractivity contribution in [1.82, 2.24) is 4.90 Å². The van der Waals surface area contributed by atoms with E-state index in [-0.39, 0.29) is 23.5 Å². The molecule has 2 aliphatic heterocycles. The molecule has 90 valence electrons. The van der Waals surface area contributed by atoms with E-state index in [1.807, 2.05) is 11.0 Å². The Kier molecular flexibility index (Phi) is 2.82. The summed E-state index contributed by atoms with van der Waals surface area (Å²) in [6.07, 6.45) is 3.51. The normalized spacial score (nSPS) is 34.3. The van der Waals surface area contributed by atoms with Crippen molar-refractivity contribution in [3.63, 3.8) is 0 Å². The summed E-state index contributed by atoms with van der Waals surface area (Å²) in [7, 11) is 0. The van der Waals surface area contributed by atoms with Crippen LogP contribution in [0, 0.1) is 11.3 Å². The summed E-state index contributed by atoms with van der Waals surface area (Å²) in [6.45, 7) is 10.8. The minimum Gasteiger partial charge on any atom is -0.356 e. The minimum absolute atomic E-state index is 0.00647. The van der Waals surface area contributed by atoms with Crippen LogP contribution in [0.25, 0.3) is 0 Å². The van der Waals surface area contributed by atoms with Gasteiger partial charge in [0.1, 0.15) is 6.23 Å². The first-order chi connectivity index (χ1) is 7.45. The highest BCUT2D eigenvalue weighted by Gasteiger charge is 2.50. The molecule has 2 heterocycles. The lowest BCUT2D eigenvalue weighted by molar-refractivity contribution is -0.142. The van der Waals surface area contributed by atoms with Gasteiger partial charge in [0.25, 0.3) is 0 Å². The lowest BCUT2D eigenvalue weighted by atomic mass is 9.93. The van der Waals surface area contributed by atoms with Crippen LogP contribution in [0.1, 0.15) is 33.6 Å². The molecule has 0 bridgehead atoms. The van der Waals surface area contributed by atoms with Crippen molar-refractivity contribution in [1.29, 1.82) is 0 Å². The summed E-state index contributed by atoms with van der Waals surface area (Å²) in [5, 5.41) is 0. The number of ether oxygens (including phenoxy) is 1. The summed E-state index contributed by atoms with van der Waals surface area (Å²) in [5.41, 5.74) is -0.00647. The third-order valence-corrected chi connectivity index (χ3v) is 3.44. The zero-order valence-corrected chi connectivity index (χ0v) is 10.4. The van der Waals surface area contributed by atoms with Crippen molar-refractivity contribution < 1.29 is 9.53 Å². The zero-order valence-electron chi connectivity index (χ0n) is 10.4. The molecule has 0 aromatic heterocycles. The van der Waals surface area contributed by atoms with Gasteiger partial charge in [-0.15, -0.1) is 6.58 Å². The molecular weight excluding hydrogens is 202 g/mol. The van der Waals surface area contributed by atoms with E-state index in [4.69, 9.17) is 4.74 Å². The highest BCUT2D eigenvalue weighted by Crippen LogP contribution is 2.40. The Balaban J connectivity index is 2.15. The topological polar surface area (TPSA) is 29.5 Å². The average molecular weight is 223 g/mol. The van der Waals surface area contributed by atoms with Crippen molar-refractivity contribution in [2.24, 2.45) is 11.3 Å². The average Bonchev–Trinajstić information content (AvgIpc) is 2.68. The van der Waals surface area contributed by atoms with Gasteiger partial charge in [0.05, 0.1) is 12.6 Å². The molecule has 2 unspecified atom stereocenters. The number of fused-ring (bicyclic) bond motifs is 1. The molecule has 2 saturated heterocycles. The number of hydrogen-bond acceptors (Lipinski definition) is 2. The highest BCUT2D eigenvalue weighted by atomic mass is 16.5. The molecule has 3 nitrogen and oxygen atoms in total. The number of rotatable bonds is 2. The van der Waals surface area contributed by atoms with E-state index >= 15 is 0 Å². The van der Waals surface area contributed by atoms with Crippen LogP contribution in [0.2, 0.25) is 0 Å². The van der Waals surface area contributed by atoms with Crippen LogP contribution in [-0.2, 0) is 9.53 Å². The fraction of sp³-hybridized carbons (Fsp3) is 0.769. The molecule has 0 N–H and O–H groups in total. The van der Waals surface area contributed by atoms with Gasteiger partial charge in [-0.25, -0.2) is 0 Å². The highest BCUT2D eigenvalue weighted by molar-refractivity contribution is 5.82. The first kappa shape index (κ1) is 11.6. The molecule has 0 radical (unpaired) electrons. The Morgan fingerprint density at radius 1 is 1.56 bits per heavy atom. The predicted octanol–water partition coefficient (Wildman–Crippen LogP) is 2.18. The Morgan fingerprint density at radius 2 is 2.25 bits per heavy atom. The Hall–Kier alpha value is -0.830. The maximum absolute atomic E-state index is 12.2. The SMILES string of the molecule is C=CC[C@H]1CC2COC(C(C)(C)C)N2C1=O. The Morgan fingerprint density at radius 3 is 2.81 bits per heavy atom. The van der Waals surface area contributed by atoms with E-state index in [9.17, 15) is 4.79 Å². The molecule has 3 heteroatoms. The lowest BCUT2D eigenvalue weighted by Crippen LogP contribution is -2.44. The number of nitrogens with zero attached hydrogens (tertiary/aromatic N) is 1. The number of allylic oxidation sites excluding steroid dienone is 1. The number of carbonyl (C=O) groups is 1. The maximum Gasteiger partial charge on any atom is 0.228 e. The summed E-state index contributed by atoms with van der Waals surface area (Å²) < 4.78 is 5.76. The second kappa shape index (κ2) is 3.88. The summed E-state index contributed by atoms with van der Waals surface area (Å²) >= 11 is 0. The van der Waals surface area contributed by atoms with Crippen molar-refractivity contribution >= 4 is 5.91 Å². The van der Waals surface area contributed by atoms with Crippen LogP contribution in [0.3, 0.4) is 0 Å². The van der Waals surface area contributed by atoms with Gasteiger partial charge in [-0.2, -0.15) is 0 Å². The molecule has 16 heavy (non-hydrogen) atoms. The number of amides is 1. The van der Waals surface area contributed by atoms with Crippen molar-refractivity contribution in [2.45, 2.75) is 45.9 Å². The first-order valence-corrected chi connectivity index (χ1v) is 6.00. The molecular formula is C13H21NO2. The summed E-state index contributed by atoms with van der Waals surface area (Å²) in [4.78, 5) is 14.2. The lowest BCUT2D eigenvalue weighted by Gasteiger charge is -2.33. The fourth-order valence-electron chi connectivity index (χ4n) is 2.74. The third-order valence-electron chi connectivity index (χ3n) is 3.44. The molecule has 0 saturated carbocycles. The van der Waals surface area contributed by atoms with Crippen molar-refractivity contribution in [3.8, 4) is 0 Å². The standard InChI is InChI=1S/C13H21NO2/c1-5-6-9-7-10-8-16-12(13(2,3)4)14(10)11(9)15/h5,9-10,12H,1,6-8H2,2-4H3/t9-,10?,12?/m0/s1. The molecule has 0 aliphatic carbocycles. The van der Waals surface area contributed by atoms with Crippen LogP contribution < -0.4 is 0 Å². The molecule has 2 fully saturated rings. The van der Waals surface area contributed by atoms with Gasteiger partial charge >= 0.3 is 0 Å². The number of carbonyl (C=O) groups excluding carboxylic acids is 1. The van der Waals surface area contributed by atoms with Gasteiger partial charge < -0.3 is 9.64 Å². The molecule has 0 spiro atoms. The van der Waals surface area contributed by atoms with Gasteiger partial charge in [0, 0.05) is 11.3 Å². The van der Waals surface area contributed by atoms with Crippen LogP contribution >= 0.6 is 0 Å². The predicted molar refractivity (Wildman–Crippen MR) is 62.8 cm³/mol. The van der Waals surface area contributed by atoms with Crippen LogP contribution in [0.4, 0.5) is 0 Å². The Bertz CT molecular complexity index is 306. The van der Waals surface area contributed by atoms with Gasteiger partial charge in [-0.3, -0.25) is 4.79 Å². The van der Waals surface area contributed by atoms with Crippen molar-refractivity contribution in [3.05, 3.63) is 12.7 Å². The monoisotopic (exact) mass is 223 g/mol. The molecule has 1 amide bonds. The van der Waals surface area contributed by atoms with E-state index in [1.165, 1.54) is 0 Å².